The van der Waals surface area contributed by atoms with Crippen LogP contribution in [0.15, 0.2) is 79.3 Å². The van der Waals surface area contributed by atoms with Gasteiger partial charge in [0.1, 0.15) is 12.4 Å². The van der Waals surface area contributed by atoms with Gasteiger partial charge in [0.05, 0.1) is 11.3 Å². The lowest BCUT2D eigenvalue weighted by molar-refractivity contribution is 0.102. The SMILES string of the molecule is C[C@H](Oc1ccc(C(=O)Nc2ccc(-n3cnnn3)cc2)cn1)c1ccccc1. The summed E-state index contributed by atoms with van der Waals surface area (Å²) in [4.78, 5) is 16.7. The van der Waals surface area contributed by atoms with Crippen LogP contribution in [0.2, 0.25) is 0 Å². The Morgan fingerprint density at radius 2 is 1.83 bits per heavy atom. The van der Waals surface area contributed by atoms with E-state index in [1.54, 1.807) is 24.3 Å². The van der Waals surface area contributed by atoms with Crippen LogP contribution in [-0.4, -0.2) is 31.1 Å². The number of aromatic nitrogens is 5. The highest BCUT2D eigenvalue weighted by molar-refractivity contribution is 6.04. The third kappa shape index (κ3) is 4.44. The zero-order chi connectivity index (χ0) is 20.1. The molecule has 2 aromatic heterocycles. The van der Waals surface area contributed by atoms with Gasteiger partial charge in [-0.2, -0.15) is 0 Å². The van der Waals surface area contributed by atoms with Crippen molar-refractivity contribution in [3.63, 3.8) is 0 Å². The van der Waals surface area contributed by atoms with E-state index in [0.29, 0.717) is 17.1 Å². The van der Waals surface area contributed by atoms with Crippen molar-refractivity contribution in [2.75, 3.05) is 5.32 Å². The Labute approximate surface area is 167 Å². The molecule has 0 aliphatic carbocycles. The molecule has 4 aromatic rings. The third-order valence-corrected chi connectivity index (χ3v) is 4.30. The Morgan fingerprint density at radius 1 is 1.03 bits per heavy atom. The number of amides is 1. The lowest BCUT2D eigenvalue weighted by Crippen LogP contribution is -2.12. The minimum absolute atomic E-state index is 0.137. The van der Waals surface area contributed by atoms with E-state index >= 15 is 0 Å². The number of rotatable bonds is 6. The van der Waals surface area contributed by atoms with Gasteiger partial charge >= 0.3 is 0 Å². The molecule has 1 amide bonds. The van der Waals surface area contributed by atoms with Crippen LogP contribution >= 0.6 is 0 Å². The maximum atomic E-state index is 12.5. The molecule has 2 heterocycles. The molecule has 8 nitrogen and oxygen atoms in total. The zero-order valence-corrected chi connectivity index (χ0v) is 15.6. The van der Waals surface area contributed by atoms with Gasteiger partial charge in [0, 0.05) is 18.0 Å². The van der Waals surface area contributed by atoms with E-state index in [0.717, 1.165) is 11.3 Å². The summed E-state index contributed by atoms with van der Waals surface area (Å²) in [7, 11) is 0. The van der Waals surface area contributed by atoms with Gasteiger partial charge in [-0.1, -0.05) is 30.3 Å². The van der Waals surface area contributed by atoms with Gasteiger partial charge < -0.3 is 10.1 Å². The van der Waals surface area contributed by atoms with E-state index < -0.39 is 0 Å². The quantitative estimate of drug-likeness (QED) is 0.545. The highest BCUT2D eigenvalue weighted by Crippen LogP contribution is 2.20. The Balaban J connectivity index is 1.38. The van der Waals surface area contributed by atoms with E-state index in [1.807, 2.05) is 49.4 Å². The van der Waals surface area contributed by atoms with Crippen LogP contribution in [0.3, 0.4) is 0 Å². The number of ether oxygens (including phenoxy) is 1. The second-order valence-electron chi connectivity index (χ2n) is 6.31. The van der Waals surface area contributed by atoms with Crippen molar-refractivity contribution >= 4 is 11.6 Å². The lowest BCUT2D eigenvalue weighted by atomic mass is 10.1. The van der Waals surface area contributed by atoms with Crippen molar-refractivity contribution in [1.82, 2.24) is 25.2 Å². The van der Waals surface area contributed by atoms with Gasteiger partial charge in [0.25, 0.3) is 5.91 Å². The van der Waals surface area contributed by atoms with Crippen LogP contribution in [0.5, 0.6) is 5.88 Å². The van der Waals surface area contributed by atoms with Gasteiger partial charge in [-0.3, -0.25) is 4.79 Å². The fourth-order valence-corrected chi connectivity index (χ4v) is 2.74. The van der Waals surface area contributed by atoms with Crippen LogP contribution in [0, 0.1) is 0 Å². The lowest BCUT2D eigenvalue weighted by Gasteiger charge is -2.14. The number of hydrogen-bond donors (Lipinski definition) is 1. The largest absolute Gasteiger partial charge is 0.470 e. The molecule has 1 N–H and O–H groups in total. The van der Waals surface area contributed by atoms with Crippen molar-refractivity contribution in [3.8, 4) is 11.6 Å². The second kappa shape index (κ2) is 8.30. The van der Waals surface area contributed by atoms with Gasteiger partial charge in [0.2, 0.25) is 5.88 Å². The van der Waals surface area contributed by atoms with Crippen LogP contribution in [0.1, 0.15) is 28.9 Å². The van der Waals surface area contributed by atoms with Gasteiger partial charge in [-0.25, -0.2) is 9.67 Å². The van der Waals surface area contributed by atoms with E-state index in [1.165, 1.54) is 17.2 Å². The maximum Gasteiger partial charge on any atom is 0.257 e. The van der Waals surface area contributed by atoms with E-state index in [2.05, 4.69) is 25.8 Å². The number of pyridine rings is 1. The fraction of sp³-hybridized carbons (Fsp3) is 0.0952. The number of tetrazole rings is 1. The minimum atomic E-state index is -0.254. The third-order valence-electron chi connectivity index (χ3n) is 4.30. The molecule has 2 aromatic carbocycles. The Hall–Kier alpha value is -4.07. The van der Waals surface area contributed by atoms with E-state index in [-0.39, 0.29) is 12.0 Å². The van der Waals surface area contributed by atoms with Crippen LogP contribution in [0.4, 0.5) is 5.69 Å². The first-order valence-electron chi connectivity index (χ1n) is 9.01. The topological polar surface area (TPSA) is 94.8 Å². The molecule has 0 saturated heterocycles. The molecule has 0 fully saturated rings. The Kier molecular flexibility index (Phi) is 5.24. The summed E-state index contributed by atoms with van der Waals surface area (Å²) in [6, 6.07) is 20.4. The number of carbonyl (C=O) groups excluding carboxylic acids is 1. The first kappa shape index (κ1) is 18.3. The normalized spacial score (nSPS) is 11.6. The zero-order valence-electron chi connectivity index (χ0n) is 15.6. The summed E-state index contributed by atoms with van der Waals surface area (Å²) in [6.07, 6.45) is 2.86. The number of carbonyl (C=O) groups is 1. The Bertz CT molecular complexity index is 1060. The molecule has 0 aliphatic heterocycles. The minimum Gasteiger partial charge on any atom is -0.470 e. The average Bonchev–Trinajstić information content (AvgIpc) is 3.30. The summed E-state index contributed by atoms with van der Waals surface area (Å²) in [6.45, 7) is 1.96. The Morgan fingerprint density at radius 3 is 2.48 bits per heavy atom. The predicted octanol–water partition coefficient (Wildman–Crippen LogP) is 3.45. The second-order valence-corrected chi connectivity index (χ2v) is 6.31. The molecule has 1 atom stereocenters. The summed E-state index contributed by atoms with van der Waals surface area (Å²) in [5.41, 5.74) is 2.95. The first-order valence-corrected chi connectivity index (χ1v) is 9.01. The van der Waals surface area contributed by atoms with Gasteiger partial charge in [0.15, 0.2) is 0 Å². The molecular weight excluding hydrogens is 368 g/mol. The molecule has 0 aliphatic rings. The summed E-state index contributed by atoms with van der Waals surface area (Å²) < 4.78 is 7.37. The summed E-state index contributed by atoms with van der Waals surface area (Å²) in [5.74, 6) is 0.207. The maximum absolute atomic E-state index is 12.5. The molecule has 0 spiro atoms. The molecule has 144 valence electrons. The predicted molar refractivity (Wildman–Crippen MR) is 107 cm³/mol. The molecule has 0 saturated carbocycles. The standard InChI is InChI=1S/C21H18N6O2/c1-15(16-5-3-2-4-6-16)29-20-12-7-17(13-22-20)21(28)24-18-8-10-19(11-9-18)27-14-23-25-26-27/h2-15H,1H3,(H,24,28)/t15-/m0/s1. The average molecular weight is 386 g/mol. The van der Waals surface area contributed by atoms with Gasteiger partial charge in [-0.15, -0.1) is 5.10 Å². The molecule has 4 rings (SSSR count). The molecule has 0 radical (unpaired) electrons. The smallest absolute Gasteiger partial charge is 0.257 e. The number of benzene rings is 2. The number of anilines is 1. The van der Waals surface area contributed by atoms with E-state index in [9.17, 15) is 4.79 Å². The van der Waals surface area contributed by atoms with Crippen molar-refractivity contribution in [3.05, 3.63) is 90.4 Å². The van der Waals surface area contributed by atoms with Crippen LogP contribution in [-0.2, 0) is 0 Å². The van der Waals surface area contributed by atoms with E-state index in [4.69, 9.17) is 4.74 Å². The molecule has 0 bridgehead atoms. The number of nitrogens with one attached hydrogen (secondary N) is 1. The van der Waals surface area contributed by atoms with Gasteiger partial charge in [-0.05, 0) is 53.2 Å². The summed E-state index contributed by atoms with van der Waals surface area (Å²) in [5, 5.41) is 13.8. The monoisotopic (exact) mass is 386 g/mol. The highest BCUT2D eigenvalue weighted by Gasteiger charge is 2.10. The molecule has 0 unspecified atom stereocenters. The van der Waals surface area contributed by atoms with Crippen molar-refractivity contribution in [1.29, 1.82) is 0 Å². The summed E-state index contributed by atoms with van der Waals surface area (Å²) >= 11 is 0. The van der Waals surface area contributed by atoms with Crippen molar-refractivity contribution < 1.29 is 9.53 Å². The highest BCUT2D eigenvalue weighted by atomic mass is 16.5. The molecular formula is C21H18N6O2. The number of nitrogens with zero attached hydrogens (tertiary/aromatic N) is 5. The fourth-order valence-electron chi connectivity index (χ4n) is 2.74. The van der Waals surface area contributed by atoms with Crippen LogP contribution < -0.4 is 10.1 Å². The van der Waals surface area contributed by atoms with Crippen molar-refractivity contribution in [2.45, 2.75) is 13.0 Å². The first-order chi connectivity index (χ1) is 14.2. The number of hydrogen-bond acceptors (Lipinski definition) is 6. The molecule has 8 heteroatoms. The van der Waals surface area contributed by atoms with Crippen LogP contribution in [0.25, 0.3) is 5.69 Å². The molecule has 29 heavy (non-hydrogen) atoms. The van der Waals surface area contributed by atoms with Crippen molar-refractivity contribution in [2.24, 2.45) is 0 Å².